The Hall–Kier alpha value is -1.45. The van der Waals surface area contributed by atoms with Gasteiger partial charge < -0.3 is 9.84 Å². The number of aliphatic hydroxyl groups excluding tert-OH is 1. The smallest absolute Gasteiger partial charge is 0.122 e. The van der Waals surface area contributed by atoms with Gasteiger partial charge in [-0.3, -0.25) is 0 Å². The van der Waals surface area contributed by atoms with Crippen LogP contribution in [-0.4, -0.2) is 23.6 Å². The number of aliphatic hydroxyl groups is 1. The first-order chi connectivity index (χ1) is 10.3. The van der Waals surface area contributed by atoms with Crippen LogP contribution in [0.3, 0.4) is 0 Å². The Labute approximate surface area is 130 Å². The van der Waals surface area contributed by atoms with Crippen LogP contribution in [-0.2, 0) is 12.8 Å². The zero-order valence-electron chi connectivity index (χ0n) is 12.0. The van der Waals surface area contributed by atoms with Crippen LogP contribution in [0.25, 0.3) is 0 Å². The summed E-state index contributed by atoms with van der Waals surface area (Å²) in [5, 5.41) is 10.1. The summed E-state index contributed by atoms with van der Waals surface area (Å²) < 4.78 is 5.51. The van der Waals surface area contributed by atoms with Gasteiger partial charge in [0.15, 0.2) is 0 Å². The van der Waals surface area contributed by atoms with Crippen molar-refractivity contribution in [2.45, 2.75) is 30.3 Å². The van der Waals surface area contributed by atoms with Crippen LogP contribution in [0.1, 0.15) is 17.5 Å². The number of aryl methyl sites for hydroxylation is 1. The van der Waals surface area contributed by atoms with E-state index in [4.69, 9.17) is 4.74 Å². The highest BCUT2D eigenvalue weighted by atomic mass is 32.2. The number of fused-ring (bicyclic) bond motifs is 1. The van der Waals surface area contributed by atoms with Crippen LogP contribution in [0.2, 0.25) is 0 Å². The van der Waals surface area contributed by atoms with Crippen LogP contribution in [0.4, 0.5) is 0 Å². The molecule has 0 radical (unpaired) electrons. The van der Waals surface area contributed by atoms with Gasteiger partial charge in [-0.15, -0.1) is 11.8 Å². The molecule has 0 aromatic heterocycles. The lowest BCUT2D eigenvalue weighted by Gasteiger charge is -2.11. The normalized spacial score (nSPS) is 14.5. The van der Waals surface area contributed by atoms with Gasteiger partial charge in [-0.2, -0.15) is 0 Å². The maximum atomic E-state index is 10.1. The van der Waals surface area contributed by atoms with Crippen molar-refractivity contribution in [1.82, 2.24) is 0 Å². The van der Waals surface area contributed by atoms with Crippen LogP contribution >= 0.6 is 11.8 Å². The van der Waals surface area contributed by atoms with Crippen molar-refractivity contribution in [3.8, 4) is 5.75 Å². The molecule has 1 aliphatic rings. The highest BCUT2D eigenvalue weighted by Gasteiger charge is 2.12. The van der Waals surface area contributed by atoms with E-state index in [1.165, 1.54) is 16.0 Å². The Kier molecular flexibility index (Phi) is 4.84. The minimum atomic E-state index is -0.264. The number of benzene rings is 2. The standard InChI is InChI=1S/C18H20O2S/c19-16(13-21-17-4-2-1-3-5-17)8-6-14-7-9-18-15(12-14)10-11-20-18/h1-5,7,9,12,16,19H,6,8,10-11,13H2. The summed E-state index contributed by atoms with van der Waals surface area (Å²) in [6.45, 7) is 0.801. The summed E-state index contributed by atoms with van der Waals surface area (Å²) in [7, 11) is 0. The average Bonchev–Trinajstić information content (AvgIpc) is 2.99. The van der Waals surface area contributed by atoms with E-state index in [0.717, 1.165) is 37.4 Å². The molecule has 21 heavy (non-hydrogen) atoms. The second kappa shape index (κ2) is 7.01. The third kappa shape index (κ3) is 4.02. The summed E-state index contributed by atoms with van der Waals surface area (Å²) in [6, 6.07) is 16.6. The molecule has 110 valence electrons. The van der Waals surface area contributed by atoms with E-state index in [1.54, 1.807) is 11.8 Å². The van der Waals surface area contributed by atoms with Gasteiger partial charge in [0, 0.05) is 17.1 Å². The molecule has 0 amide bonds. The molecular formula is C18H20O2S. The molecule has 1 heterocycles. The monoisotopic (exact) mass is 300 g/mol. The first kappa shape index (κ1) is 14.5. The molecule has 3 heteroatoms. The van der Waals surface area contributed by atoms with E-state index >= 15 is 0 Å². The maximum Gasteiger partial charge on any atom is 0.122 e. The van der Waals surface area contributed by atoms with Gasteiger partial charge in [0.25, 0.3) is 0 Å². The van der Waals surface area contributed by atoms with Crippen LogP contribution < -0.4 is 4.74 Å². The van der Waals surface area contributed by atoms with Gasteiger partial charge in [0.1, 0.15) is 5.75 Å². The average molecular weight is 300 g/mol. The predicted molar refractivity (Wildman–Crippen MR) is 87.1 cm³/mol. The van der Waals surface area contributed by atoms with Gasteiger partial charge in [0.2, 0.25) is 0 Å². The van der Waals surface area contributed by atoms with E-state index < -0.39 is 0 Å². The van der Waals surface area contributed by atoms with Crippen molar-refractivity contribution in [1.29, 1.82) is 0 Å². The van der Waals surface area contributed by atoms with Gasteiger partial charge in [-0.25, -0.2) is 0 Å². The lowest BCUT2D eigenvalue weighted by atomic mass is 10.0. The third-order valence-corrected chi connectivity index (χ3v) is 4.86. The quantitative estimate of drug-likeness (QED) is 0.825. The van der Waals surface area contributed by atoms with Crippen molar-refractivity contribution in [2.24, 2.45) is 0 Å². The Balaban J connectivity index is 1.46. The van der Waals surface area contributed by atoms with Gasteiger partial charge in [0.05, 0.1) is 12.7 Å². The number of thioether (sulfide) groups is 1. The Morgan fingerprint density at radius 1 is 1.14 bits per heavy atom. The number of hydrogen-bond acceptors (Lipinski definition) is 3. The molecule has 0 spiro atoms. The SMILES string of the molecule is OC(CCc1ccc2c(c1)CCO2)CSc1ccccc1. The first-order valence-corrected chi connectivity index (χ1v) is 8.40. The molecule has 3 rings (SSSR count). The molecule has 2 aromatic rings. The topological polar surface area (TPSA) is 29.5 Å². The molecule has 0 bridgehead atoms. The van der Waals surface area contributed by atoms with Crippen molar-refractivity contribution >= 4 is 11.8 Å². The third-order valence-electron chi connectivity index (χ3n) is 3.71. The summed E-state index contributed by atoms with van der Waals surface area (Å²) in [4.78, 5) is 1.21. The van der Waals surface area contributed by atoms with Crippen molar-refractivity contribution in [2.75, 3.05) is 12.4 Å². The molecule has 0 saturated carbocycles. The zero-order valence-corrected chi connectivity index (χ0v) is 12.8. The Morgan fingerprint density at radius 3 is 2.86 bits per heavy atom. The fourth-order valence-electron chi connectivity index (χ4n) is 2.52. The highest BCUT2D eigenvalue weighted by molar-refractivity contribution is 7.99. The van der Waals surface area contributed by atoms with Gasteiger partial charge in [-0.1, -0.05) is 30.3 Å². The van der Waals surface area contributed by atoms with Crippen molar-refractivity contribution in [3.63, 3.8) is 0 Å². The Morgan fingerprint density at radius 2 is 2.00 bits per heavy atom. The van der Waals surface area contributed by atoms with Gasteiger partial charge in [-0.05, 0) is 42.2 Å². The first-order valence-electron chi connectivity index (χ1n) is 7.42. The Bertz CT molecular complexity index is 583. The number of ether oxygens (including phenoxy) is 1. The fraction of sp³-hybridized carbons (Fsp3) is 0.333. The molecule has 0 aliphatic carbocycles. The number of hydrogen-bond donors (Lipinski definition) is 1. The second-order valence-electron chi connectivity index (χ2n) is 5.36. The molecule has 1 N–H and O–H groups in total. The molecule has 0 fully saturated rings. The van der Waals surface area contributed by atoms with E-state index in [0.29, 0.717) is 0 Å². The zero-order chi connectivity index (χ0) is 14.5. The predicted octanol–water partition coefficient (Wildman–Crippen LogP) is 3.71. The molecule has 2 nitrogen and oxygen atoms in total. The van der Waals surface area contributed by atoms with Crippen molar-refractivity contribution < 1.29 is 9.84 Å². The van der Waals surface area contributed by atoms with Crippen molar-refractivity contribution in [3.05, 3.63) is 59.7 Å². The van der Waals surface area contributed by atoms with E-state index in [1.807, 2.05) is 18.2 Å². The van der Waals surface area contributed by atoms with E-state index in [9.17, 15) is 5.11 Å². The maximum absolute atomic E-state index is 10.1. The van der Waals surface area contributed by atoms with E-state index in [-0.39, 0.29) is 6.10 Å². The molecule has 2 aromatic carbocycles. The van der Waals surface area contributed by atoms with Gasteiger partial charge >= 0.3 is 0 Å². The fourth-order valence-corrected chi connectivity index (χ4v) is 3.42. The van der Waals surface area contributed by atoms with Crippen LogP contribution in [0, 0.1) is 0 Å². The van der Waals surface area contributed by atoms with Crippen LogP contribution in [0.5, 0.6) is 5.75 Å². The second-order valence-corrected chi connectivity index (χ2v) is 6.45. The minimum Gasteiger partial charge on any atom is -0.493 e. The molecule has 1 atom stereocenters. The minimum absolute atomic E-state index is 0.264. The molecule has 0 saturated heterocycles. The van der Waals surface area contributed by atoms with Crippen LogP contribution in [0.15, 0.2) is 53.4 Å². The molecular weight excluding hydrogens is 280 g/mol. The lowest BCUT2D eigenvalue weighted by molar-refractivity contribution is 0.189. The number of rotatable bonds is 6. The highest BCUT2D eigenvalue weighted by Crippen LogP contribution is 2.26. The van der Waals surface area contributed by atoms with E-state index in [2.05, 4.69) is 30.3 Å². The largest absolute Gasteiger partial charge is 0.493 e. The molecule has 1 unspecified atom stereocenters. The summed E-state index contributed by atoms with van der Waals surface area (Å²) in [6.07, 6.45) is 2.47. The summed E-state index contributed by atoms with van der Waals surface area (Å²) >= 11 is 1.71. The summed E-state index contributed by atoms with van der Waals surface area (Å²) in [5.74, 6) is 1.77. The summed E-state index contributed by atoms with van der Waals surface area (Å²) in [5.41, 5.74) is 2.60. The lowest BCUT2D eigenvalue weighted by Crippen LogP contribution is -2.11. The molecule has 1 aliphatic heterocycles.